The predicted molar refractivity (Wildman–Crippen MR) is 213 cm³/mol. The second-order valence-corrected chi connectivity index (χ2v) is 16.1. The number of esters is 2. The molecule has 4 aromatic rings. The quantitative estimate of drug-likeness (QED) is 0.0845. The van der Waals surface area contributed by atoms with Crippen molar-refractivity contribution >= 4 is 29.4 Å². The van der Waals surface area contributed by atoms with Crippen molar-refractivity contribution in [3.63, 3.8) is 0 Å². The summed E-state index contributed by atoms with van der Waals surface area (Å²) >= 11 is 6.23. The fraction of sp³-hybridized carbons (Fsp3) is 0.386. The molecule has 0 saturated heterocycles. The van der Waals surface area contributed by atoms with Crippen molar-refractivity contribution < 1.29 is 54.9 Å². The van der Waals surface area contributed by atoms with Crippen molar-refractivity contribution in [1.29, 1.82) is 5.26 Å². The maximum atomic E-state index is 12.8. The first kappa shape index (κ1) is 47.9. The first-order valence-corrected chi connectivity index (χ1v) is 19.3. The van der Waals surface area contributed by atoms with E-state index in [1.165, 1.54) is 11.6 Å². The lowest BCUT2D eigenvalue weighted by molar-refractivity contribution is -0.312. The number of hydrogen-bond donors (Lipinski definition) is 1. The summed E-state index contributed by atoms with van der Waals surface area (Å²) < 4.78 is 91.7. The number of carbonyl (C=O) groups is 3. The van der Waals surface area contributed by atoms with Crippen molar-refractivity contribution in [3.8, 4) is 17.6 Å². The van der Waals surface area contributed by atoms with Crippen LogP contribution in [0.2, 0.25) is 5.02 Å². The van der Waals surface area contributed by atoms with Crippen molar-refractivity contribution in [2.75, 3.05) is 0 Å². The van der Waals surface area contributed by atoms with Crippen molar-refractivity contribution in [1.82, 2.24) is 15.1 Å². The third-order valence-electron chi connectivity index (χ3n) is 9.80. The summed E-state index contributed by atoms with van der Waals surface area (Å²) in [5.41, 5.74) is 3.08. The lowest BCUT2D eigenvalue weighted by Crippen LogP contribution is -2.45. The number of aryl methyl sites for hydroxylation is 2. The van der Waals surface area contributed by atoms with Crippen LogP contribution in [0.25, 0.3) is 0 Å². The number of carbonyl (C=O) groups excluding carboxylic acids is 3. The second kappa shape index (κ2) is 19.3. The molecule has 5 rings (SSSR count). The number of allylic oxidation sites excluding steroid dienone is 1. The molecule has 1 aliphatic rings. The van der Waals surface area contributed by atoms with Crippen LogP contribution >= 0.6 is 11.6 Å². The molecule has 3 atom stereocenters. The molecule has 17 heteroatoms. The summed E-state index contributed by atoms with van der Waals surface area (Å²) in [5, 5.41) is 17.2. The third-order valence-corrected chi connectivity index (χ3v) is 10.2. The van der Waals surface area contributed by atoms with Crippen molar-refractivity contribution in [2.24, 2.45) is 24.3 Å². The third kappa shape index (κ3) is 12.6. The Hall–Kier alpha value is -5.82. The van der Waals surface area contributed by atoms with E-state index in [4.69, 9.17) is 21.1 Å². The van der Waals surface area contributed by atoms with Gasteiger partial charge < -0.3 is 19.5 Å². The van der Waals surface area contributed by atoms with E-state index in [9.17, 15) is 46.0 Å². The van der Waals surface area contributed by atoms with E-state index >= 15 is 0 Å². The Kier molecular flexibility index (Phi) is 15.1. The van der Waals surface area contributed by atoms with Gasteiger partial charge in [-0.05, 0) is 58.6 Å². The van der Waals surface area contributed by atoms with E-state index < -0.39 is 53.7 Å². The standard InChI is InChI=1S/C26H21F6NO5.C18H24ClN3O/c1-24(2)18(11-12-20(34)38-23(25(27,28)29)26(30,31)32)21(24)22(35)37-19(14-33)15-7-6-10-17(13-15)36-16-8-4-3-5-9-16;1-6-14-15(19)16(22(5)21-14)17(23)20-11-12-7-9-13(10-8-12)18(2,3)4/h3-13,18-19,21,23H,1-2H3;7-10H,6,11H2,1-5H3,(H,20,23)/b12-11-;. The van der Waals surface area contributed by atoms with E-state index in [0.717, 1.165) is 17.3 Å². The normalized spacial score (nSPS) is 16.5. The molecule has 1 saturated carbocycles. The van der Waals surface area contributed by atoms with Gasteiger partial charge in [0, 0.05) is 25.2 Å². The van der Waals surface area contributed by atoms with Gasteiger partial charge in [-0.25, -0.2) is 4.79 Å². The van der Waals surface area contributed by atoms with Gasteiger partial charge in [-0.15, -0.1) is 0 Å². The predicted octanol–water partition coefficient (Wildman–Crippen LogP) is 10.3. The van der Waals surface area contributed by atoms with Gasteiger partial charge in [0.1, 0.15) is 23.3 Å². The zero-order chi connectivity index (χ0) is 45.5. The monoisotopic (exact) mass is 874 g/mol. The first-order valence-electron chi connectivity index (χ1n) is 18.9. The molecule has 0 bridgehead atoms. The Morgan fingerprint density at radius 1 is 0.934 bits per heavy atom. The van der Waals surface area contributed by atoms with Crippen molar-refractivity contribution in [2.45, 2.75) is 84.5 Å². The maximum absolute atomic E-state index is 12.8. The summed E-state index contributed by atoms with van der Waals surface area (Å²) in [6.45, 7) is 12.1. The van der Waals surface area contributed by atoms with Crippen LogP contribution in [0.4, 0.5) is 26.3 Å². The SMILES string of the molecule is CC1(C)C(/C=C\C(=O)OC(C(F)(F)F)C(F)(F)F)C1C(=O)OC(C#N)c1cccc(Oc2ccccc2)c1.CCc1nn(C)c(C(=O)NCc2ccc(C(C)(C)C)cc2)c1Cl. The molecule has 3 unspecified atom stereocenters. The molecule has 0 radical (unpaired) electrons. The average molecular weight is 875 g/mol. The van der Waals surface area contributed by atoms with Gasteiger partial charge in [0.05, 0.1) is 16.6 Å². The summed E-state index contributed by atoms with van der Waals surface area (Å²) in [6, 6.07) is 25.2. The topological polar surface area (TPSA) is 133 Å². The van der Waals surface area contributed by atoms with Gasteiger partial charge in [-0.1, -0.05) is 114 Å². The highest BCUT2D eigenvalue weighted by Gasteiger charge is 2.62. The van der Waals surface area contributed by atoms with E-state index in [2.05, 4.69) is 48.1 Å². The molecule has 61 heavy (non-hydrogen) atoms. The fourth-order valence-electron chi connectivity index (χ4n) is 6.28. The van der Waals surface area contributed by atoms with Gasteiger partial charge in [-0.3, -0.25) is 14.3 Å². The molecule has 1 heterocycles. The molecule has 1 amide bonds. The van der Waals surface area contributed by atoms with Gasteiger partial charge in [0.25, 0.3) is 12.0 Å². The molecular weight excluding hydrogens is 830 g/mol. The van der Waals surface area contributed by atoms with Crippen LogP contribution in [0.15, 0.2) is 91.0 Å². The van der Waals surface area contributed by atoms with Crippen molar-refractivity contribution in [3.05, 3.63) is 124 Å². The van der Waals surface area contributed by atoms with Gasteiger partial charge >= 0.3 is 24.3 Å². The van der Waals surface area contributed by atoms with Crippen LogP contribution in [0.3, 0.4) is 0 Å². The Morgan fingerprint density at radius 3 is 2.08 bits per heavy atom. The number of nitrogens with one attached hydrogen (secondary N) is 1. The number of hydrogen-bond acceptors (Lipinski definition) is 8. The van der Waals surface area contributed by atoms with E-state index in [0.29, 0.717) is 46.8 Å². The molecule has 0 aliphatic heterocycles. The first-order chi connectivity index (χ1) is 28.4. The number of nitriles is 1. The van der Waals surface area contributed by atoms with E-state index in [-0.39, 0.29) is 11.3 Å². The summed E-state index contributed by atoms with van der Waals surface area (Å²) in [7, 11) is 1.73. The van der Waals surface area contributed by atoms with Crippen LogP contribution in [0.1, 0.15) is 80.5 Å². The van der Waals surface area contributed by atoms with Gasteiger partial charge in [-0.2, -0.15) is 36.7 Å². The Morgan fingerprint density at radius 2 is 1.54 bits per heavy atom. The molecular formula is C44H45ClF6N4O6. The maximum Gasteiger partial charge on any atom is 0.434 e. The Labute approximate surface area is 354 Å². The molecule has 10 nitrogen and oxygen atoms in total. The van der Waals surface area contributed by atoms with Gasteiger partial charge in [0.15, 0.2) is 0 Å². The van der Waals surface area contributed by atoms with E-state index in [1.807, 2.05) is 25.1 Å². The number of halogens is 7. The zero-order valence-corrected chi connectivity index (χ0v) is 35.1. The average Bonchev–Trinajstić information content (AvgIpc) is 3.61. The number of benzene rings is 3. The smallest absolute Gasteiger partial charge is 0.434 e. The number of aromatic nitrogens is 2. The summed E-state index contributed by atoms with van der Waals surface area (Å²) in [5.74, 6) is -3.65. The molecule has 1 N–H and O–H groups in total. The molecule has 0 spiro atoms. The summed E-state index contributed by atoms with van der Waals surface area (Å²) in [4.78, 5) is 36.8. The lowest BCUT2D eigenvalue weighted by Gasteiger charge is -2.22. The van der Waals surface area contributed by atoms with E-state index in [1.54, 1.807) is 74.1 Å². The van der Waals surface area contributed by atoms with Crippen LogP contribution in [-0.2, 0) is 44.5 Å². The highest BCUT2D eigenvalue weighted by Crippen LogP contribution is 2.60. The molecule has 3 aromatic carbocycles. The second-order valence-electron chi connectivity index (χ2n) is 15.7. The highest BCUT2D eigenvalue weighted by molar-refractivity contribution is 6.34. The number of amides is 1. The van der Waals surface area contributed by atoms with Gasteiger partial charge in [0.2, 0.25) is 6.10 Å². The highest BCUT2D eigenvalue weighted by atomic mass is 35.5. The number of rotatable bonds is 12. The fourth-order valence-corrected chi connectivity index (χ4v) is 6.66. The van der Waals surface area contributed by atoms with Crippen LogP contribution in [0, 0.1) is 28.6 Å². The molecule has 1 aromatic heterocycles. The minimum atomic E-state index is -5.84. The Balaban J connectivity index is 0.000000303. The van der Waals surface area contributed by atoms with Crippen LogP contribution < -0.4 is 10.1 Å². The lowest BCUT2D eigenvalue weighted by atomic mass is 9.87. The number of para-hydroxylation sites is 1. The van der Waals surface area contributed by atoms with Crippen LogP contribution in [-0.4, -0.2) is 46.1 Å². The molecule has 326 valence electrons. The molecule has 1 fully saturated rings. The largest absolute Gasteiger partial charge is 0.457 e. The molecule has 1 aliphatic carbocycles. The minimum absolute atomic E-state index is 0.126. The zero-order valence-electron chi connectivity index (χ0n) is 34.3. The Bertz CT molecular complexity index is 2230. The summed E-state index contributed by atoms with van der Waals surface area (Å²) in [6.07, 6.45) is -15.2. The number of alkyl halides is 6. The number of nitrogens with zero attached hydrogens (tertiary/aromatic N) is 3. The number of ether oxygens (including phenoxy) is 3. The van der Waals surface area contributed by atoms with Crippen LogP contribution in [0.5, 0.6) is 11.5 Å². The minimum Gasteiger partial charge on any atom is -0.457 e.